The van der Waals surface area contributed by atoms with Crippen LogP contribution in [0, 0.1) is 19.8 Å². The van der Waals surface area contributed by atoms with Crippen LogP contribution in [-0.2, 0) is 10.0 Å². The van der Waals surface area contributed by atoms with Gasteiger partial charge in [0.05, 0.1) is 4.90 Å². The van der Waals surface area contributed by atoms with Crippen molar-refractivity contribution < 1.29 is 13.2 Å². The van der Waals surface area contributed by atoms with Crippen molar-refractivity contribution >= 4 is 27.3 Å². The average molecular weight is 430 g/mol. The molecule has 0 atom stereocenters. The van der Waals surface area contributed by atoms with Gasteiger partial charge in [0.1, 0.15) is 0 Å². The first-order valence-electron chi connectivity index (χ1n) is 10.3. The van der Waals surface area contributed by atoms with Gasteiger partial charge in [0, 0.05) is 44.1 Å². The van der Waals surface area contributed by atoms with Gasteiger partial charge < -0.3 is 10.2 Å². The Labute approximate surface area is 179 Å². The van der Waals surface area contributed by atoms with Crippen molar-refractivity contribution in [2.75, 3.05) is 37.4 Å². The lowest BCUT2D eigenvalue weighted by Gasteiger charge is -2.32. The first kappa shape index (κ1) is 22.3. The molecule has 6 nitrogen and oxygen atoms in total. The quantitative estimate of drug-likeness (QED) is 0.779. The Hall–Kier alpha value is -2.38. The van der Waals surface area contributed by atoms with Crippen molar-refractivity contribution in [3.05, 3.63) is 53.1 Å². The Bertz CT molecular complexity index is 1020. The summed E-state index contributed by atoms with van der Waals surface area (Å²) in [5.74, 6) is 0.451. The molecule has 0 aromatic heterocycles. The fourth-order valence-corrected chi connectivity index (χ4v) is 4.87. The molecule has 1 heterocycles. The third-order valence-corrected chi connectivity index (χ3v) is 7.86. The summed E-state index contributed by atoms with van der Waals surface area (Å²) in [5, 5.41) is 2.88. The van der Waals surface area contributed by atoms with Crippen LogP contribution < -0.4 is 10.2 Å². The molecule has 1 N–H and O–H groups in total. The number of benzene rings is 2. The van der Waals surface area contributed by atoms with E-state index < -0.39 is 10.0 Å². The molecule has 0 saturated carbocycles. The molecule has 1 aliphatic rings. The molecule has 2 aromatic carbocycles. The van der Waals surface area contributed by atoms with Gasteiger partial charge in [0.15, 0.2) is 0 Å². The van der Waals surface area contributed by atoms with E-state index in [2.05, 4.69) is 17.1 Å². The highest BCUT2D eigenvalue weighted by molar-refractivity contribution is 7.89. The fourth-order valence-electron chi connectivity index (χ4n) is 3.65. The highest BCUT2D eigenvalue weighted by Gasteiger charge is 2.23. The van der Waals surface area contributed by atoms with Gasteiger partial charge in [-0.15, -0.1) is 0 Å². The monoisotopic (exact) mass is 429 g/mol. The second-order valence-corrected chi connectivity index (χ2v) is 10.5. The highest BCUT2D eigenvalue weighted by atomic mass is 32.2. The molecule has 1 fully saturated rings. The van der Waals surface area contributed by atoms with E-state index in [9.17, 15) is 13.2 Å². The molecule has 30 heavy (non-hydrogen) atoms. The third-order valence-electron chi connectivity index (χ3n) is 5.91. The lowest BCUT2D eigenvalue weighted by atomic mass is 9.99. The first-order chi connectivity index (χ1) is 14.1. The van der Waals surface area contributed by atoms with Crippen LogP contribution in [0.3, 0.4) is 0 Å². The molecule has 0 aliphatic carbocycles. The second-order valence-electron chi connectivity index (χ2n) is 8.37. The summed E-state index contributed by atoms with van der Waals surface area (Å²) in [6.07, 6.45) is 2.40. The van der Waals surface area contributed by atoms with E-state index in [4.69, 9.17) is 0 Å². The van der Waals surface area contributed by atoms with Gasteiger partial charge in [-0.3, -0.25) is 4.79 Å². The van der Waals surface area contributed by atoms with Crippen molar-refractivity contribution in [2.45, 2.75) is 38.5 Å². The molecule has 7 heteroatoms. The third kappa shape index (κ3) is 4.68. The lowest BCUT2D eigenvalue weighted by Crippen LogP contribution is -2.32. The van der Waals surface area contributed by atoms with E-state index in [1.165, 1.54) is 33.0 Å². The van der Waals surface area contributed by atoms with E-state index in [0.717, 1.165) is 34.6 Å². The van der Waals surface area contributed by atoms with Gasteiger partial charge in [-0.1, -0.05) is 6.92 Å². The largest absolute Gasteiger partial charge is 0.372 e. The van der Waals surface area contributed by atoms with E-state index in [0.29, 0.717) is 16.8 Å². The Morgan fingerprint density at radius 1 is 1.07 bits per heavy atom. The number of nitrogens with one attached hydrogen (secondary N) is 1. The summed E-state index contributed by atoms with van der Waals surface area (Å²) in [5.41, 5.74) is 3.58. The molecule has 3 rings (SSSR count). The van der Waals surface area contributed by atoms with E-state index in [-0.39, 0.29) is 10.8 Å². The fraction of sp³-hybridized carbons (Fsp3) is 0.435. The Balaban J connectivity index is 1.78. The smallest absolute Gasteiger partial charge is 0.255 e. The number of hydrogen-bond acceptors (Lipinski definition) is 4. The van der Waals surface area contributed by atoms with E-state index in [1.54, 1.807) is 13.0 Å². The zero-order valence-electron chi connectivity index (χ0n) is 18.4. The topological polar surface area (TPSA) is 69.7 Å². The molecule has 0 radical (unpaired) electrons. The highest BCUT2D eigenvalue weighted by Crippen LogP contribution is 2.26. The van der Waals surface area contributed by atoms with Crippen LogP contribution in [0.2, 0.25) is 0 Å². The number of sulfonamides is 1. The number of amides is 1. The number of anilines is 2. The maximum atomic E-state index is 12.8. The number of hydrogen-bond donors (Lipinski definition) is 1. The van der Waals surface area contributed by atoms with Gasteiger partial charge in [0.2, 0.25) is 10.0 Å². The normalized spacial score (nSPS) is 15.5. The number of aryl methyl sites for hydroxylation is 1. The van der Waals surface area contributed by atoms with Crippen molar-refractivity contribution in [3.63, 3.8) is 0 Å². The SMILES string of the molecule is Cc1cc(C(=O)Nc2ccc(N3CCC(C)CC3)cc2)cc(S(=O)(=O)N(C)C)c1C. The number of rotatable bonds is 5. The van der Waals surface area contributed by atoms with Gasteiger partial charge in [-0.25, -0.2) is 12.7 Å². The van der Waals surface area contributed by atoms with Crippen LogP contribution in [0.5, 0.6) is 0 Å². The summed E-state index contributed by atoms with van der Waals surface area (Å²) in [6, 6.07) is 11.0. The summed E-state index contributed by atoms with van der Waals surface area (Å²) in [7, 11) is -0.658. The van der Waals surface area contributed by atoms with E-state index in [1.807, 2.05) is 31.2 Å². The van der Waals surface area contributed by atoms with Gasteiger partial charge >= 0.3 is 0 Å². The molecular formula is C23H31N3O3S. The zero-order valence-corrected chi connectivity index (χ0v) is 19.2. The molecule has 0 unspecified atom stereocenters. The van der Waals surface area contributed by atoms with Crippen LogP contribution in [-0.4, -0.2) is 45.8 Å². The lowest BCUT2D eigenvalue weighted by molar-refractivity contribution is 0.102. The molecule has 1 saturated heterocycles. The Morgan fingerprint density at radius 2 is 1.67 bits per heavy atom. The summed E-state index contributed by atoms with van der Waals surface area (Å²) in [4.78, 5) is 15.3. The number of carbonyl (C=O) groups is 1. The maximum absolute atomic E-state index is 12.8. The Kier molecular flexibility index (Phi) is 6.53. The molecule has 0 bridgehead atoms. The minimum absolute atomic E-state index is 0.160. The molecule has 0 spiro atoms. The molecule has 1 aliphatic heterocycles. The minimum Gasteiger partial charge on any atom is -0.372 e. The number of piperidine rings is 1. The molecule has 162 valence electrons. The number of nitrogens with zero attached hydrogens (tertiary/aromatic N) is 2. The van der Waals surface area contributed by atoms with E-state index >= 15 is 0 Å². The van der Waals surface area contributed by atoms with Crippen LogP contribution in [0.15, 0.2) is 41.3 Å². The number of carbonyl (C=O) groups excluding carboxylic acids is 1. The summed E-state index contributed by atoms with van der Waals surface area (Å²) >= 11 is 0. The second kappa shape index (κ2) is 8.78. The predicted molar refractivity (Wildman–Crippen MR) is 122 cm³/mol. The van der Waals surface area contributed by atoms with Gasteiger partial charge in [-0.05, 0) is 80.1 Å². The van der Waals surface area contributed by atoms with Crippen molar-refractivity contribution in [3.8, 4) is 0 Å². The minimum atomic E-state index is -3.63. The van der Waals surface area contributed by atoms with Crippen LogP contribution in [0.4, 0.5) is 11.4 Å². The molecule has 2 aromatic rings. The van der Waals surface area contributed by atoms with Crippen molar-refractivity contribution in [1.29, 1.82) is 0 Å². The van der Waals surface area contributed by atoms with Gasteiger partial charge in [-0.2, -0.15) is 0 Å². The van der Waals surface area contributed by atoms with Crippen LogP contribution >= 0.6 is 0 Å². The average Bonchev–Trinajstić information content (AvgIpc) is 2.70. The van der Waals surface area contributed by atoms with Crippen LogP contribution in [0.1, 0.15) is 41.3 Å². The first-order valence-corrected chi connectivity index (χ1v) is 11.7. The van der Waals surface area contributed by atoms with Crippen LogP contribution in [0.25, 0.3) is 0 Å². The van der Waals surface area contributed by atoms with Gasteiger partial charge in [0.25, 0.3) is 5.91 Å². The molecule has 1 amide bonds. The van der Waals surface area contributed by atoms with Crippen molar-refractivity contribution in [2.24, 2.45) is 5.92 Å². The standard InChI is InChI=1S/C23H31N3O3S/c1-16-10-12-26(13-11-16)21-8-6-20(7-9-21)24-23(27)19-14-17(2)18(3)22(15-19)30(28,29)25(4)5/h6-9,14-16H,10-13H2,1-5H3,(H,24,27). The zero-order chi connectivity index (χ0) is 22.1. The summed E-state index contributed by atoms with van der Waals surface area (Å²) in [6.45, 7) is 7.97. The summed E-state index contributed by atoms with van der Waals surface area (Å²) < 4.78 is 26.4. The predicted octanol–water partition coefficient (Wildman–Crippen LogP) is 4.04. The van der Waals surface area contributed by atoms with Crippen molar-refractivity contribution in [1.82, 2.24) is 4.31 Å². The maximum Gasteiger partial charge on any atom is 0.255 e. The molecular weight excluding hydrogens is 398 g/mol. The Morgan fingerprint density at radius 3 is 2.23 bits per heavy atom.